The Morgan fingerprint density at radius 2 is 2.20 bits per heavy atom. The first-order valence-electron chi connectivity index (χ1n) is 5.14. The molecule has 0 radical (unpaired) electrons. The quantitative estimate of drug-likeness (QED) is 0.789. The maximum absolute atomic E-state index is 5.87. The highest BCUT2D eigenvalue weighted by atomic mass is 16.5. The zero-order chi connectivity index (χ0) is 10.3. The smallest absolute Gasteiger partial charge is 0.219 e. The van der Waals surface area contributed by atoms with Gasteiger partial charge in [0, 0.05) is 20.1 Å². The molecule has 15 heavy (non-hydrogen) atoms. The Hall–Kier alpha value is -1.55. The number of rotatable bonds is 2. The van der Waals surface area contributed by atoms with Crippen LogP contribution in [0.1, 0.15) is 0 Å². The van der Waals surface area contributed by atoms with Gasteiger partial charge >= 0.3 is 0 Å². The Labute approximate surface area is 87.8 Å². The molecule has 3 rings (SSSR count). The topological polar surface area (TPSA) is 39.1 Å². The molecule has 1 aliphatic heterocycles. The summed E-state index contributed by atoms with van der Waals surface area (Å²) in [7, 11) is 1.92. The van der Waals surface area contributed by atoms with E-state index in [4.69, 9.17) is 4.74 Å². The maximum Gasteiger partial charge on any atom is 0.219 e. The Kier molecular flexibility index (Phi) is 1.89. The molecule has 0 unspecified atom stereocenters. The molecule has 1 saturated heterocycles. The highest BCUT2D eigenvalue weighted by molar-refractivity contribution is 5.84. The third-order valence-electron chi connectivity index (χ3n) is 2.71. The predicted molar refractivity (Wildman–Crippen MR) is 58.0 cm³/mol. The molecular weight excluding hydrogens is 190 g/mol. The number of hydrogen-bond donors (Lipinski definition) is 1. The summed E-state index contributed by atoms with van der Waals surface area (Å²) in [5.41, 5.74) is 0.988. The lowest BCUT2D eigenvalue weighted by Crippen LogP contribution is -2.50. The van der Waals surface area contributed by atoms with E-state index >= 15 is 0 Å². The Bertz CT molecular complexity index is 488. The van der Waals surface area contributed by atoms with Crippen molar-refractivity contribution >= 4 is 10.9 Å². The number of hydrogen-bond acceptors (Lipinski definition) is 3. The standard InChI is InChI=1S/C11H13N3O/c1-14-11(15-8-6-12-7-8)9-4-2-3-5-10(9)13-14/h2-5,8,12H,6-7H2,1H3. The summed E-state index contributed by atoms with van der Waals surface area (Å²) in [4.78, 5) is 0. The van der Waals surface area contributed by atoms with E-state index < -0.39 is 0 Å². The lowest BCUT2D eigenvalue weighted by molar-refractivity contribution is 0.132. The van der Waals surface area contributed by atoms with Crippen LogP contribution in [-0.4, -0.2) is 29.0 Å². The van der Waals surface area contributed by atoms with E-state index in [-0.39, 0.29) is 0 Å². The minimum atomic E-state index is 0.295. The molecule has 1 aromatic heterocycles. The van der Waals surface area contributed by atoms with Gasteiger partial charge in [-0.25, -0.2) is 4.68 Å². The number of aryl methyl sites for hydroxylation is 1. The predicted octanol–water partition coefficient (Wildman–Crippen LogP) is 0.924. The number of nitrogens with zero attached hydrogens (tertiary/aromatic N) is 2. The highest BCUT2D eigenvalue weighted by Gasteiger charge is 2.21. The average molecular weight is 203 g/mol. The number of aromatic nitrogens is 2. The summed E-state index contributed by atoms with van der Waals surface area (Å²) >= 11 is 0. The monoisotopic (exact) mass is 203 g/mol. The highest BCUT2D eigenvalue weighted by Crippen LogP contribution is 2.25. The van der Waals surface area contributed by atoms with Crippen LogP contribution >= 0.6 is 0 Å². The Morgan fingerprint density at radius 3 is 2.93 bits per heavy atom. The van der Waals surface area contributed by atoms with Gasteiger partial charge in [-0.15, -0.1) is 0 Å². The van der Waals surface area contributed by atoms with Crippen molar-refractivity contribution in [1.82, 2.24) is 15.1 Å². The molecular formula is C11H13N3O. The maximum atomic E-state index is 5.87. The molecule has 1 aliphatic rings. The van der Waals surface area contributed by atoms with E-state index in [0.29, 0.717) is 6.10 Å². The minimum Gasteiger partial charge on any atom is -0.471 e. The van der Waals surface area contributed by atoms with Crippen LogP contribution in [0.5, 0.6) is 5.88 Å². The van der Waals surface area contributed by atoms with Crippen LogP contribution in [0.3, 0.4) is 0 Å². The second kappa shape index (κ2) is 3.24. The van der Waals surface area contributed by atoms with Gasteiger partial charge in [0.2, 0.25) is 5.88 Å². The number of ether oxygens (including phenoxy) is 1. The van der Waals surface area contributed by atoms with Crippen LogP contribution in [-0.2, 0) is 7.05 Å². The van der Waals surface area contributed by atoms with Crippen molar-refractivity contribution in [3.63, 3.8) is 0 Å². The summed E-state index contributed by atoms with van der Waals surface area (Å²) in [5, 5.41) is 8.67. The van der Waals surface area contributed by atoms with Crippen molar-refractivity contribution in [2.75, 3.05) is 13.1 Å². The first-order chi connectivity index (χ1) is 7.34. The normalized spacial score (nSPS) is 16.6. The SMILES string of the molecule is Cn1nc2ccccc2c1OC1CNC1. The molecule has 1 fully saturated rings. The molecule has 0 amide bonds. The fraction of sp³-hybridized carbons (Fsp3) is 0.364. The van der Waals surface area contributed by atoms with Crippen LogP contribution in [0.15, 0.2) is 24.3 Å². The van der Waals surface area contributed by atoms with Gasteiger partial charge in [-0.1, -0.05) is 12.1 Å². The van der Waals surface area contributed by atoms with Gasteiger partial charge < -0.3 is 10.1 Å². The van der Waals surface area contributed by atoms with Gasteiger partial charge in [0.15, 0.2) is 0 Å². The first-order valence-corrected chi connectivity index (χ1v) is 5.14. The largest absolute Gasteiger partial charge is 0.471 e. The lowest BCUT2D eigenvalue weighted by atomic mass is 10.2. The third kappa shape index (κ3) is 1.37. The molecule has 2 heterocycles. The summed E-state index contributed by atoms with van der Waals surface area (Å²) in [5.74, 6) is 0.872. The number of nitrogens with one attached hydrogen (secondary N) is 1. The molecule has 0 saturated carbocycles. The second-order valence-corrected chi connectivity index (χ2v) is 3.84. The molecule has 1 N–H and O–H groups in total. The molecule has 4 heteroatoms. The summed E-state index contributed by atoms with van der Waals surface area (Å²) in [6.45, 7) is 1.86. The number of benzene rings is 1. The van der Waals surface area contributed by atoms with Crippen molar-refractivity contribution in [2.45, 2.75) is 6.10 Å². The third-order valence-corrected chi connectivity index (χ3v) is 2.71. The molecule has 0 atom stereocenters. The Morgan fingerprint density at radius 1 is 1.40 bits per heavy atom. The molecule has 0 spiro atoms. The van der Waals surface area contributed by atoms with E-state index in [9.17, 15) is 0 Å². The molecule has 4 nitrogen and oxygen atoms in total. The molecule has 1 aromatic carbocycles. The summed E-state index contributed by atoms with van der Waals surface area (Å²) < 4.78 is 7.68. The van der Waals surface area contributed by atoms with Gasteiger partial charge in [-0.3, -0.25) is 0 Å². The van der Waals surface area contributed by atoms with E-state index in [2.05, 4.69) is 10.4 Å². The van der Waals surface area contributed by atoms with Crippen LogP contribution in [0.4, 0.5) is 0 Å². The van der Waals surface area contributed by atoms with E-state index in [1.165, 1.54) is 0 Å². The van der Waals surface area contributed by atoms with Gasteiger partial charge in [-0.05, 0) is 12.1 Å². The summed E-state index contributed by atoms with van der Waals surface area (Å²) in [6, 6.07) is 8.05. The van der Waals surface area contributed by atoms with Crippen LogP contribution in [0, 0.1) is 0 Å². The van der Waals surface area contributed by atoms with Crippen LogP contribution < -0.4 is 10.1 Å². The van der Waals surface area contributed by atoms with E-state index in [1.54, 1.807) is 0 Å². The Balaban J connectivity index is 2.03. The van der Waals surface area contributed by atoms with Crippen LogP contribution in [0.2, 0.25) is 0 Å². The summed E-state index contributed by atoms with van der Waals surface area (Å²) in [6.07, 6.45) is 0.295. The average Bonchev–Trinajstić information content (AvgIpc) is 2.48. The molecule has 0 bridgehead atoms. The first kappa shape index (κ1) is 8.73. The number of fused-ring (bicyclic) bond motifs is 1. The van der Waals surface area contributed by atoms with Gasteiger partial charge in [0.05, 0.1) is 10.9 Å². The van der Waals surface area contributed by atoms with Crippen molar-refractivity contribution in [3.8, 4) is 5.88 Å². The zero-order valence-electron chi connectivity index (χ0n) is 8.60. The van der Waals surface area contributed by atoms with Crippen molar-refractivity contribution < 1.29 is 4.74 Å². The fourth-order valence-electron chi connectivity index (χ4n) is 1.77. The van der Waals surface area contributed by atoms with Crippen molar-refractivity contribution in [3.05, 3.63) is 24.3 Å². The van der Waals surface area contributed by atoms with Crippen molar-refractivity contribution in [1.29, 1.82) is 0 Å². The van der Waals surface area contributed by atoms with Gasteiger partial charge in [0.25, 0.3) is 0 Å². The zero-order valence-corrected chi connectivity index (χ0v) is 8.60. The van der Waals surface area contributed by atoms with E-state index in [0.717, 1.165) is 29.9 Å². The van der Waals surface area contributed by atoms with Gasteiger partial charge in [-0.2, -0.15) is 5.10 Å². The van der Waals surface area contributed by atoms with Crippen molar-refractivity contribution in [2.24, 2.45) is 7.05 Å². The second-order valence-electron chi connectivity index (χ2n) is 3.84. The fourth-order valence-corrected chi connectivity index (χ4v) is 1.77. The van der Waals surface area contributed by atoms with Crippen LogP contribution in [0.25, 0.3) is 10.9 Å². The molecule has 0 aliphatic carbocycles. The van der Waals surface area contributed by atoms with Gasteiger partial charge in [0.1, 0.15) is 6.10 Å². The van der Waals surface area contributed by atoms with E-state index in [1.807, 2.05) is 36.0 Å². The minimum absolute atomic E-state index is 0.295. The lowest BCUT2D eigenvalue weighted by Gasteiger charge is -2.27. The molecule has 2 aromatic rings. The molecule has 78 valence electrons.